The quantitative estimate of drug-likeness (QED) is 0.826. The fourth-order valence-corrected chi connectivity index (χ4v) is 2.20. The molecule has 2 rings (SSSR count). The number of carboxylic acids is 1. The Hall–Kier alpha value is -2.04. The van der Waals surface area contributed by atoms with Crippen molar-refractivity contribution in [3.05, 3.63) is 29.3 Å². The number of carbonyl (C=O) groups is 2. The lowest BCUT2D eigenvalue weighted by Crippen LogP contribution is -2.30. The number of carboxylic acid groups (broad SMARTS) is 1. The molecule has 1 atom stereocenters. The van der Waals surface area contributed by atoms with Crippen molar-refractivity contribution in [2.45, 2.75) is 13.3 Å². The number of aliphatic carboxylic acids is 1. The molecule has 1 heterocycles. The smallest absolute Gasteiger partial charge is 0.308 e. The fraction of sp³-hybridized carbons (Fsp3) is 0.385. The summed E-state index contributed by atoms with van der Waals surface area (Å²) in [5, 5.41) is 18.2. The first-order valence-electron chi connectivity index (χ1n) is 5.80. The van der Waals surface area contributed by atoms with Gasteiger partial charge in [0.05, 0.1) is 5.92 Å². The van der Waals surface area contributed by atoms with Gasteiger partial charge < -0.3 is 15.1 Å². The Labute approximate surface area is 105 Å². The van der Waals surface area contributed by atoms with Crippen LogP contribution in [0.15, 0.2) is 18.2 Å². The predicted octanol–water partition coefficient (Wildman–Crippen LogP) is 1.25. The number of hydrogen-bond acceptors (Lipinski definition) is 3. The van der Waals surface area contributed by atoms with Crippen LogP contribution < -0.4 is 0 Å². The highest BCUT2D eigenvalue weighted by Gasteiger charge is 2.31. The van der Waals surface area contributed by atoms with Crippen molar-refractivity contribution in [1.29, 1.82) is 0 Å². The molecule has 1 aliphatic heterocycles. The first kappa shape index (κ1) is 12.4. The van der Waals surface area contributed by atoms with Crippen LogP contribution in [0.4, 0.5) is 0 Å². The van der Waals surface area contributed by atoms with Gasteiger partial charge in [0.1, 0.15) is 5.75 Å². The number of carbonyl (C=O) groups excluding carboxylic acids is 1. The number of rotatable bonds is 2. The maximum absolute atomic E-state index is 12.2. The van der Waals surface area contributed by atoms with E-state index in [0.29, 0.717) is 24.1 Å². The highest BCUT2D eigenvalue weighted by Crippen LogP contribution is 2.22. The van der Waals surface area contributed by atoms with E-state index >= 15 is 0 Å². The number of aryl methyl sites for hydroxylation is 1. The van der Waals surface area contributed by atoms with Gasteiger partial charge in [0, 0.05) is 18.7 Å². The largest absolute Gasteiger partial charge is 0.508 e. The van der Waals surface area contributed by atoms with Gasteiger partial charge in [-0.15, -0.1) is 0 Å². The highest BCUT2D eigenvalue weighted by atomic mass is 16.4. The van der Waals surface area contributed by atoms with Crippen LogP contribution in [0.3, 0.4) is 0 Å². The van der Waals surface area contributed by atoms with Crippen LogP contribution in [0, 0.1) is 12.8 Å². The zero-order valence-electron chi connectivity index (χ0n) is 10.1. The van der Waals surface area contributed by atoms with Gasteiger partial charge in [-0.25, -0.2) is 0 Å². The summed E-state index contributed by atoms with van der Waals surface area (Å²) >= 11 is 0. The predicted molar refractivity (Wildman–Crippen MR) is 64.5 cm³/mol. The van der Waals surface area contributed by atoms with E-state index < -0.39 is 11.9 Å². The molecule has 1 unspecified atom stereocenters. The van der Waals surface area contributed by atoms with Crippen LogP contribution in [0.25, 0.3) is 0 Å². The third-order valence-corrected chi connectivity index (χ3v) is 3.27. The number of benzene rings is 1. The second-order valence-electron chi connectivity index (χ2n) is 4.57. The minimum atomic E-state index is -0.854. The topological polar surface area (TPSA) is 77.8 Å². The third kappa shape index (κ3) is 2.30. The molecule has 5 nitrogen and oxygen atoms in total. The summed E-state index contributed by atoms with van der Waals surface area (Å²) in [7, 11) is 0. The molecule has 1 aliphatic rings. The lowest BCUT2D eigenvalue weighted by Gasteiger charge is -2.17. The fourth-order valence-electron chi connectivity index (χ4n) is 2.20. The van der Waals surface area contributed by atoms with Gasteiger partial charge in [-0.3, -0.25) is 9.59 Å². The molecule has 1 saturated heterocycles. The average molecular weight is 249 g/mol. The van der Waals surface area contributed by atoms with Crippen molar-refractivity contribution >= 4 is 11.9 Å². The maximum Gasteiger partial charge on any atom is 0.308 e. The lowest BCUT2D eigenvalue weighted by molar-refractivity contribution is -0.141. The summed E-state index contributed by atoms with van der Waals surface area (Å²) in [4.78, 5) is 24.6. The summed E-state index contributed by atoms with van der Waals surface area (Å²) in [6.07, 6.45) is 0.498. The van der Waals surface area contributed by atoms with Crippen LogP contribution in [0.2, 0.25) is 0 Å². The Morgan fingerprint density at radius 2 is 2.11 bits per heavy atom. The molecule has 0 bridgehead atoms. The minimum absolute atomic E-state index is 0.119. The molecule has 0 spiro atoms. The van der Waals surface area contributed by atoms with Crippen LogP contribution >= 0.6 is 0 Å². The molecule has 2 N–H and O–H groups in total. The number of hydrogen-bond donors (Lipinski definition) is 2. The SMILES string of the molecule is Cc1cc(O)ccc1C(=O)N1CCC(C(=O)O)C1. The molecular formula is C13H15NO4. The number of phenolic OH excluding ortho intramolecular Hbond substituents is 1. The number of nitrogens with zero attached hydrogens (tertiary/aromatic N) is 1. The van der Waals surface area contributed by atoms with Crippen molar-refractivity contribution in [1.82, 2.24) is 4.90 Å². The molecule has 0 aliphatic carbocycles. The number of likely N-dealkylation sites (tertiary alicyclic amines) is 1. The summed E-state index contributed by atoms with van der Waals surface area (Å²) in [5.41, 5.74) is 1.21. The Kier molecular flexibility index (Phi) is 3.23. The molecule has 5 heteroatoms. The average Bonchev–Trinajstić information content (AvgIpc) is 2.77. The van der Waals surface area contributed by atoms with E-state index in [0.717, 1.165) is 0 Å². The molecule has 0 saturated carbocycles. The molecular weight excluding hydrogens is 234 g/mol. The van der Waals surface area contributed by atoms with Gasteiger partial charge in [-0.2, -0.15) is 0 Å². The van der Waals surface area contributed by atoms with Crippen LogP contribution in [-0.2, 0) is 4.79 Å². The van der Waals surface area contributed by atoms with Gasteiger partial charge in [-0.05, 0) is 37.1 Å². The van der Waals surface area contributed by atoms with Crippen LogP contribution in [-0.4, -0.2) is 40.1 Å². The van der Waals surface area contributed by atoms with E-state index in [9.17, 15) is 14.7 Å². The number of phenols is 1. The van der Waals surface area contributed by atoms with Crippen molar-refractivity contribution in [3.8, 4) is 5.75 Å². The zero-order chi connectivity index (χ0) is 13.3. The Balaban J connectivity index is 2.15. The summed E-state index contributed by atoms with van der Waals surface area (Å²) in [6, 6.07) is 4.56. The van der Waals surface area contributed by atoms with Gasteiger partial charge in [0.2, 0.25) is 0 Å². The molecule has 1 amide bonds. The second kappa shape index (κ2) is 4.68. The summed E-state index contributed by atoms with van der Waals surface area (Å²) in [5.74, 6) is -1.37. The normalized spacial score (nSPS) is 18.9. The van der Waals surface area contributed by atoms with Crippen molar-refractivity contribution < 1.29 is 19.8 Å². The third-order valence-electron chi connectivity index (χ3n) is 3.27. The first-order chi connectivity index (χ1) is 8.49. The standard InChI is InChI=1S/C13H15NO4/c1-8-6-10(15)2-3-11(8)12(16)14-5-4-9(7-14)13(17)18/h2-3,6,9,15H,4-5,7H2,1H3,(H,17,18). The van der Waals surface area contributed by atoms with E-state index in [1.54, 1.807) is 17.9 Å². The van der Waals surface area contributed by atoms with Crippen LogP contribution in [0.1, 0.15) is 22.3 Å². The molecule has 1 fully saturated rings. The monoisotopic (exact) mass is 249 g/mol. The first-order valence-corrected chi connectivity index (χ1v) is 5.80. The molecule has 1 aromatic carbocycles. The van der Waals surface area contributed by atoms with E-state index in [-0.39, 0.29) is 18.2 Å². The highest BCUT2D eigenvalue weighted by molar-refractivity contribution is 5.96. The number of amides is 1. The molecule has 1 aromatic rings. The van der Waals surface area contributed by atoms with Crippen molar-refractivity contribution in [3.63, 3.8) is 0 Å². The van der Waals surface area contributed by atoms with Gasteiger partial charge >= 0.3 is 5.97 Å². The molecule has 0 radical (unpaired) electrons. The van der Waals surface area contributed by atoms with E-state index in [1.807, 2.05) is 0 Å². The Bertz CT molecular complexity index is 498. The van der Waals surface area contributed by atoms with Gasteiger partial charge in [-0.1, -0.05) is 0 Å². The minimum Gasteiger partial charge on any atom is -0.508 e. The zero-order valence-corrected chi connectivity index (χ0v) is 10.1. The van der Waals surface area contributed by atoms with Crippen molar-refractivity contribution in [2.75, 3.05) is 13.1 Å². The van der Waals surface area contributed by atoms with Crippen LogP contribution in [0.5, 0.6) is 5.75 Å². The molecule has 0 aromatic heterocycles. The van der Waals surface area contributed by atoms with Gasteiger partial charge in [0.25, 0.3) is 5.91 Å². The molecule has 96 valence electrons. The van der Waals surface area contributed by atoms with Gasteiger partial charge in [0.15, 0.2) is 0 Å². The van der Waals surface area contributed by atoms with Crippen molar-refractivity contribution in [2.24, 2.45) is 5.92 Å². The second-order valence-corrected chi connectivity index (χ2v) is 4.57. The van der Waals surface area contributed by atoms with E-state index in [1.165, 1.54) is 12.1 Å². The Morgan fingerprint density at radius 1 is 1.39 bits per heavy atom. The summed E-state index contributed by atoms with van der Waals surface area (Å²) in [6.45, 7) is 2.47. The van der Waals surface area contributed by atoms with E-state index in [4.69, 9.17) is 5.11 Å². The summed E-state index contributed by atoms with van der Waals surface area (Å²) < 4.78 is 0. The Morgan fingerprint density at radius 3 is 2.67 bits per heavy atom. The van der Waals surface area contributed by atoms with E-state index in [2.05, 4.69) is 0 Å². The maximum atomic E-state index is 12.2. The number of aromatic hydroxyl groups is 1. The lowest BCUT2D eigenvalue weighted by atomic mass is 10.1. The molecule has 18 heavy (non-hydrogen) atoms.